The van der Waals surface area contributed by atoms with Crippen molar-refractivity contribution in [2.45, 2.75) is 26.4 Å². The first-order valence-corrected chi connectivity index (χ1v) is 8.89. The Hall–Kier alpha value is -2.34. The van der Waals surface area contributed by atoms with E-state index < -0.39 is 0 Å². The lowest BCUT2D eigenvalue weighted by Gasteiger charge is -2.30. The molecule has 6 heteroatoms. The molecule has 0 spiro atoms. The summed E-state index contributed by atoms with van der Waals surface area (Å²) in [6.07, 6.45) is 1.80. The molecule has 0 fully saturated rings. The van der Waals surface area contributed by atoms with Crippen LogP contribution in [0.1, 0.15) is 31.1 Å². The number of rotatable bonds is 8. The highest BCUT2D eigenvalue weighted by atomic mass is 15.3. The Kier molecular flexibility index (Phi) is 7.47. The Morgan fingerprint density at radius 1 is 1.16 bits per heavy atom. The largest absolute Gasteiger partial charge is 0.354 e. The van der Waals surface area contributed by atoms with E-state index in [0.29, 0.717) is 12.6 Å². The van der Waals surface area contributed by atoms with E-state index in [9.17, 15) is 0 Å². The Morgan fingerprint density at radius 3 is 2.44 bits per heavy atom. The molecule has 0 amide bonds. The van der Waals surface area contributed by atoms with Crippen LogP contribution in [-0.2, 0) is 13.6 Å². The first kappa shape index (κ1) is 19.0. The molecule has 1 aromatic heterocycles. The minimum absolute atomic E-state index is 0.312. The van der Waals surface area contributed by atoms with Crippen molar-refractivity contribution < 1.29 is 0 Å². The zero-order valence-electron chi connectivity index (χ0n) is 15.7. The van der Waals surface area contributed by atoms with Crippen LogP contribution in [0.4, 0.5) is 0 Å². The molecule has 1 unspecified atom stereocenters. The quantitative estimate of drug-likeness (QED) is 0.570. The van der Waals surface area contributed by atoms with Gasteiger partial charge in [0.1, 0.15) is 0 Å². The maximum atomic E-state index is 4.34. The Balaban J connectivity index is 1.99. The lowest BCUT2D eigenvalue weighted by atomic mass is 10.1. The van der Waals surface area contributed by atoms with E-state index in [1.54, 1.807) is 13.2 Å². The average Bonchev–Trinajstić information content (AvgIpc) is 3.06. The minimum atomic E-state index is 0.312. The second kappa shape index (κ2) is 9.84. The van der Waals surface area contributed by atoms with Crippen LogP contribution in [0, 0.1) is 0 Å². The molecule has 1 atom stereocenters. The SMILES string of the molecule is CCN(CC)C(CNC(=NC)NCc1ccnn1C)c1ccccc1. The molecule has 2 aromatic rings. The molecule has 0 saturated carbocycles. The van der Waals surface area contributed by atoms with Gasteiger partial charge in [0.15, 0.2) is 5.96 Å². The van der Waals surface area contributed by atoms with Crippen molar-refractivity contribution in [2.24, 2.45) is 12.0 Å². The van der Waals surface area contributed by atoms with Crippen LogP contribution in [0.25, 0.3) is 0 Å². The summed E-state index contributed by atoms with van der Waals surface area (Å²) in [5.74, 6) is 0.800. The lowest BCUT2D eigenvalue weighted by Crippen LogP contribution is -2.43. The standard InChI is InChI=1S/C19H30N6/c1-5-25(6-2)18(16-10-8-7-9-11-16)15-22-19(20-3)21-14-17-12-13-23-24(17)4/h7-13,18H,5-6,14-15H2,1-4H3,(H2,20,21,22). The van der Waals surface area contributed by atoms with Gasteiger partial charge in [0, 0.05) is 26.8 Å². The van der Waals surface area contributed by atoms with Crippen LogP contribution in [0.5, 0.6) is 0 Å². The van der Waals surface area contributed by atoms with E-state index in [0.717, 1.165) is 31.3 Å². The molecule has 6 nitrogen and oxygen atoms in total. The predicted octanol–water partition coefficient (Wildman–Crippen LogP) is 2.17. The number of nitrogens with zero attached hydrogens (tertiary/aromatic N) is 4. The van der Waals surface area contributed by atoms with E-state index in [1.807, 2.05) is 17.8 Å². The molecule has 0 bridgehead atoms. The molecular weight excluding hydrogens is 312 g/mol. The van der Waals surface area contributed by atoms with Crippen molar-refractivity contribution in [3.63, 3.8) is 0 Å². The number of likely N-dealkylation sites (N-methyl/N-ethyl adjacent to an activating group) is 1. The van der Waals surface area contributed by atoms with E-state index in [-0.39, 0.29) is 0 Å². The second-order valence-electron chi connectivity index (χ2n) is 5.90. The molecule has 2 N–H and O–H groups in total. The van der Waals surface area contributed by atoms with Crippen molar-refractivity contribution in [2.75, 3.05) is 26.7 Å². The van der Waals surface area contributed by atoms with Gasteiger partial charge in [-0.15, -0.1) is 0 Å². The number of hydrogen-bond donors (Lipinski definition) is 2. The number of aliphatic imine (C=N–C) groups is 1. The van der Waals surface area contributed by atoms with Crippen LogP contribution in [0.3, 0.4) is 0 Å². The number of aromatic nitrogens is 2. The molecule has 0 aliphatic carbocycles. The summed E-state index contributed by atoms with van der Waals surface area (Å²) in [4.78, 5) is 6.80. The van der Waals surface area contributed by atoms with Crippen LogP contribution in [0.15, 0.2) is 47.6 Å². The van der Waals surface area contributed by atoms with Gasteiger partial charge in [0.2, 0.25) is 0 Å². The van der Waals surface area contributed by atoms with Gasteiger partial charge in [-0.25, -0.2) is 0 Å². The molecule has 0 aliphatic heterocycles. The van der Waals surface area contributed by atoms with E-state index in [4.69, 9.17) is 0 Å². The van der Waals surface area contributed by atoms with E-state index >= 15 is 0 Å². The fraction of sp³-hybridized carbons (Fsp3) is 0.474. The Bertz CT molecular complexity index is 645. The molecule has 0 aliphatic rings. The van der Waals surface area contributed by atoms with Gasteiger partial charge in [0.25, 0.3) is 0 Å². The van der Waals surface area contributed by atoms with Crippen molar-refractivity contribution >= 4 is 5.96 Å². The van der Waals surface area contributed by atoms with Gasteiger partial charge < -0.3 is 10.6 Å². The van der Waals surface area contributed by atoms with Crippen LogP contribution in [0.2, 0.25) is 0 Å². The average molecular weight is 342 g/mol. The molecular formula is C19H30N6. The highest BCUT2D eigenvalue weighted by molar-refractivity contribution is 5.79. The molecule has 136 valence electrons. The molecule has 1 aromatic carbocycles. The fourth-order valence-electron chi connectivity index (χ4n) is 2.96. The zero-order chi connectivity index (χ0) is 18.1. The molecule has 1 heterocycles. The summed E-state index contributed by atoms with van der Waals surface area (Å²) in [5.41, 5.74) is 2.44. The smallest absolute Gasteiger partial charge is 0.191 e. The highest BCUT2D eigenvalue weighted by Gasteiger charge is 2.18. The topological polar surface area (TPSA) is 57.5 Å². The third-order valence-electron chi connectivity index (χ3n) is 4.48. The molecule has 2 rings (SSSR count). The predicted molar refractivity (Wildman–Crippen MR) is 104 cm³/mol. The summed E-state index contributed by atoms with van der Waals surface area (Å²) in [5, 5.41) is 11.0. The number of hydrogen-bond acceptors (Lipinski definition) is 3. The third kappa shape index (κ3) is 5.32. The normalized spacial score (nSPS) is 13.1. The number of aryl methyl sites for hydroxylation is 1. The number of guanidine groups is 1. The van der Waals surface area contributed by atoms with Crippen molar-refractivity contribution in [3.8, 4) is 0 Å². The maximum absolute atomic E-state index is 4.34. The summed E-state index contributed by atoms with van der Waals surface area (Å²) >= 11 is 0. The Labute approximate surface area is 151 Å². The van der Waals surface area contributed by atoms with Gasteiger partial charge in [-0.3, -0.25) is 14.6 Å². The number of nitrogens with one attached hydrogen (secondary N) is 2. The molecule has 25 heavy (non-hydrogen) atoms. The van der Waals surface area contributed by atoms with Crippen molar-refractivity contribution in [1.29, 1.82) is 0 Å². The van der Waals surface area contributed by atoms with Gasteiger partial charge in [-0.1, -0.05) is 44.2 Å². The van der Waals surface area contributed by atoms with Gasteiger partial charge in [-0.05, 0) is 24.7 Å². The summed E-state index contributed by atoms with van der Waals surface area (Å²) in [7, 11) is 3.74. The van der Waals surface area contributed by atoms with Crippen LogP contribution >= 0.6 is 0 Å². The first-order chi connectivity index (χ1) is 12.2. The van der Waals surface area contributed by atoms with E-state index in [2.05, 4.69) is 69.8 Å². The fourth-order valence-corrected chi connectivity index (χ4v) is 2.96. The lowest BCUT2D eigenvalue weighted by molar-refractivity contribution is 0.219. The van der Waals surface area contributed by atoms with E-state index in [1.165, 1.54) is 5.56 Å². The summed E-state index contributed by atoms with van der Waals surface area (Å²) in [6.45, 7) is 7.93. The third-order valence-corrected chi connectivity index (χ3v) is 4.48. The Morgan fingerprint density at radius 2 is 1.88 bits per heavy atom. The van der Waals surface area contributed by atoms with Crippen molar-refractivity contribution in [1.82, 2.24) is 25.3 Å². The minimum Gasteiger partial charge on any atom is -0.354 e. The zero-order valence-corrected chi connectivity index (χ0v) is 15.7. The summed E-state index contributed by atoms with van der Waals surface area (Å²) < 4.78 is 1.86. The monoisotopic (exact) mass is 342 g/mol. The van der Waals surface area contributed by atoms with Crippen LogP contribution in [-0.4, -0.2) is 47.3 Å². The van der Waals surface area contributed by atoms with Gasteiger partial charge >= 0.3 is 0 Å². The molecule has 0 radical (unpaired) electrons. The van der Waals surface area contributed by atoms with Gasteiger partial charge in [-0.2, -0.15) is 5.10 Å². The first-order valence-electron chi connectivity index (χ1n) is 8.89. The molecule has 0 saturated heterocycles. The van der Waals surface area contributed by atoms with Crippen LogP contribution < -0.4 is 10.6 Å². The maximum Gasteiger partial charge on any atom is 0.191 e. The van der Waals surface area contributed by atoms with Crippen molar-refractivity contribution in [3.05, 3.63) is 53.9 Å². The summed E-state index contributed by atoms with van der Waals surface area (Å²) in [6, 6.07) is 13.0. The van der Waals surface area contributed by atoms with Gasteiger partial charge in [0.05, 0.1) is 18.3 Å². The number of benzene rings is 1. The highest BCUT2D eigenvalue weighted by Crippen LogP contribution is 2.19. The second-order valence-corrected chi connectivity index (χ2v) is 5.90.